The lowest BCUT2D eigenvalue weighted by atomic mass is 10.1. The van der Waals surface area contributed by atoms with E-state index in [1.165, 1.54) is 6.07 Å². The molecule has 1 rings (SSSR count). The maximum Gasteiger partial charge on any atom is 0.238 e. The fourth-order valence-electron chi connectivity index (χ4n) is 1.08. The molecule has 7 heteroatoms. The van der Waals surface area contributed by atoms with Crippen LogP contribution in [-0.4, -0.2) is 5.91 Å². The lowest BCUT2D eigenvalue weighted by molar-refractivity contribution is -0.115. The monoisotopic (exact) mass is 315 g/mol. The molecule has 1 amide bonds. The SMILES string of the molecule is N#CCC(=O)Nc1c(Cl)cc(Br)c(F)c1C#N. The second kappa shape index (κ2) is 5.62. The van der Waals surface area contributed by atoms with Crippen LogP contribution in [0.15, 0.2) is 10.5 Å². The molecule has 86 valence electrons. The highest BCUT2D eigenvalue weighted by Crippen LogP contribution is 2.33. The van der Waals surface area contributed by atoms with E-state index in [4.69, 9.17) is 22.1 Å². The van der Waals surface area contributed by atoms with Gasteiger partial charge in [-0.3, -0.25) is 4.79 Å². The Morgan fingerprint density at radius 3 is 2.76 bits per heavy atom. The highest BCUT2D eigenvalue weighted by atomic mass is 79.9. The third kappa shape index (κ3) is 2.94. The molecule has 0 radical (unpaired) electrons. The first-order valence-corrected chi connectivity index (χ1v) is 5.42. The summed E-state index contributed by atoms with van der Waals surface area (Å²) in [7, 11) is 0. The van der Waals surface area contributed by atoms with E-state index in [-0.39, 0.29) is 20.7 Å². The molecule has 1 aromatic carbocycles. The van der Waals surface area contributed by atoms with Crippen LogP contribution >= 0.6 is 27.5 Å². The van der Waals surface area contributed by atoms with Crippen LogP contribution < -0.4 is 5.32 Å². The molecule has 0 bridgehead atoms. The van der Waals surface area contributed by atoms with Crippen molar-refractivity contribution in [1.29, 1.82) is 10.5 Å². The van der Waals surface area contributed by atoms with Crippen molar-refractivity contribution in [2.45, 2.75) is 6.42 Å². The van der Waals surface area contributed by atoms with Crippen LogP contribution in [0, 0.1) is 28.5 Å². The molecule has 0 saturated heterocycles. The first kappa shape index (κ1) is 13.4. The summed E-state index contributed by atoms with van der Waals surface area (Å²) in [4.78, 5) is 11.2. The van der Waals surface area contributed by atoms with Gasteiger partial charge in [0.1, 0.15) is 18.1 Å². The van der Waals surface area contributed by atoms with E-state index < -0.39 is 18.1 Å². The number of hydrogen-bond acceptors (Lipinski definition) is 3. The van der Waals surface area contributed by atoms with Gasteiger partial charge >= 0.3 is 0 Å². The number of nitrogens with zero attached hydrogens (tertiary/aromatic N) is 2. The summed E-state index contributed by atoms with van der Waals surface area (Å²) < 4.78 is 13.6. The second-order valence-electron chi connectivity index (χ2n) is 2.90. The van der Waals surface area contributed by atoms with Gasteiger partial charge in [0.25, 0.3) is 0 Å². The third-order valence-electron chi connectivity index (χ3n) is 1.79. The van der Waals surface area contributed by atoms with Gasteiger partial charge in [0.2, 0.25) is 5.91 Å². The van der Waals surface area contributed by atoms with Crippen molar-refractivity contribution in [3.63, 3.8) is 0 Å². The topological polar surface area (TPSA) is 76.7 Å². The fourth-order valence-corrected chi connectivity index (χ4v) is 1.89. The van der Waals surface area contributed by atoms with Gasteiger partial charge < -0.3 is 5.32 Å². The van der Waals surface area contributed by atoms with Crippen molar-refractivity contribution in [3.05, 3.63) is 26.9 Å². The molecule has 1 aromatic rings. The molecular weight excluding hydrogens is 312 g/mol. The molecule has 0 saturated carbocycles. The number of hydrogen-bond donors (Lipinski definition) is 1. The average molecular weight is 317 g/mol. The Hall–Kier alpha value is -1.63. The quantitative estimate of drug-likeness (QED) is 0.852. The summed E-state index contributed by atoms with van der Waals surface area (Å²) in [6.07, 6.45) is -0.404. The van der Waals surface area contributed by atoms with Crippen molar-refractivity contribution in [2.24, 2.45) is 0 Å². The van der Waals surface area contributed by atoms with Gasteiger partial charge in [0.15, 0.2) is 5.82 Å². The highest BCUT2D eigenvalue weighted by Gasteiger charge is 2.17. The molecule has 0 aromatic heterocycles. The molecule has 1 N–H and O–H groups in total. The first-order chi connectivity index (χ1) is 8.01. The van der Waals surface area contributed by atoms with Crippen LogP contribution in [0.3, 0.4) is 0 Å². The summed E-state index contributed by atoms with van der Waals surface area (Å²) in [5.74, 6) is -1.48. The third-order valence-corrected chi connectivity index (χ3v) is 2.66. The Morgan fingerprint density at radius 2 is 2.24 bits per heavy atom. The fraction of sp³-hybridized carbons (Fsp3) is 0.100. The molecule has 0 aliphatic carbocycles. The maximum absolute atomic E-state index is 13.5. The zero-order chi connectivity index (χ0) is 13.0. The molecule has 0 aliphatic heterocycles. The number of anilines is 1. The number of amides is 1. The van der Waals surface area contributed by atoms with E-state index in [9.17, 15) is 9.18 Å². The normalized spacial score (nSPS) is 9.24. The lowest BCUT2D eigenvalue weighted by Crippen LogP contribution is -2.12. The first-order valence-electron chi connectivity index (χ1n) is 4.25. The number of rotatable bonds is 2. The van der Waals surface area contributed by atoms with Crippen LogP contribution in [0.5, 0.6) is 0 Å². The zero-order valence-electron chi connectivity index (χ0n) is 8.22. The summed E-state index contributed by atoms with van der Waals surface area (Å²) in [5, 5.41) is 19.4. The predicted molar refractivity (Wildman–Crippen MR) is 62.7 cm³/mol. The highest BCUT2D eigenvalue weighted by molar-refractivity contribution is 9.10. The largest absolute Gasteiger partial charge is 0.323 e. The Morgan fingerprint density at radius 1 is 1.59 bits per heavy atom. The van der Waals surface area contributed by atoms with E-state index in [1.54, 1.807) is 12.1 Å². The van der Waals surface area contributed by atoms with Crippen LogP contribution in [0.2, 0.25) is 5.02 Å². The van der Waals surface area contributed by atoms with E-state index in [0.29, 0.717) is 0 Å². The molecule has 0 atom stereocenters. The van der Waals surface area contributed by atoms with Crippen LogP contribution in [0.4, 0.5) is 10.1 Å². The number of carbonyl (C=O) groups excluding carboxylic acids is 1. The van der Waals surface area contributed by atoms with E-state index >= 15 is 0 Å². The Balaban J connectivity index is 3.25. The van der Waals surface area contributed by atoms with Gasteiger partial charge in [-0.25, -0.2) is 4.39 Å². The van der Waals surface area contributed by atoms with Gasteiger partial charge in [0, 0.05) is 0 Å². The lowest BCUT2D eigenvalue weighted by Gasteiger charge is -2.09. The van der Waals surface area contributed by atoms with E-state index in [2.05, 4.69) is 21.2 Å². The Bertz CT molecular complexity index is 562. The Labute approximate surface area is 110 Å². The Kier molecular flexibility index (Phi) is 4.45. The molecule has 0 fully saturated rings. The van der Waals surface area contributed by atoms with Gasteiger partial charge in [0.05, 0.1) is 21.3 Å². The molecular formula is C10H4BrClFN3O. The van der Waals surface area contributed by atoms with Crippen LogP contribution in [-0.2, 0) is 4.79 Å². The molecule has 0 heterocycles. The van der Waals surface area contributed by atoms with E-state index in [0.717, 1.165) is 0 Å². The minimum atomic E-state index is -0.816. The molecule has 17 heavy (non-hydrogen) atoms. The van der Waals surface area contributed by atoms with Crippen molar-refractivity contribution in [1.82, 2.24) is 0 Å². The molecule has 0 unspecified atom stereocenters. The van der Waals surface area contributed by atoms with Crippen molar-refractivity contribution >= 4 is 39.1 Å². The number of benzene rings is 1. The van der Waals surface area contributed by atoms with E-state index in [1.807, 2.05) is 0 Å². The van der Waals surface area contributed by atoms with Crippen LogP contribution in [0.25, 0.3) is 0 Å². The number of nitrogens with one attached hydrogen (secondary N) is 1. The van der Waals surface area contributed by atoms with Gasteiger partial charge in [-0.05, 0) is 22.0 Å². The summed E-state index contributed by atoms with van der Waals surface area (Å²) in [6, 6.07) is 4.46. The zero-order valence-corrected chi connectivity index (χ0v) is 10.6. The summed E-state index contributed by atoms with van der Waals surface area (Å²) in [6.45, 7) is 0. The number of halogens is 3. The van der Waals surface area contributed by atoms with Crippen LogP contribution in [0.1, 0.15) is 12.0 Å². The molecule has 0 spiro atoms. The minimum absolute atomic E-state index is 0.0149. The number of carbonyl (C=O) groups is 1. The molecule has 0 aliphatic rings. The van der Waals surface area contributed by atoms with Crippen molar-refractivity contribution in [3.8, 4) is 12.1 Å². The van der Waals surface area contributed by atoms with Gasteiger partial charge in [-0.2, -0.15) is 10.5 Å². The minimum Gasteiger partial charge on any atom is -0.323 e. The standard InChI is InChI=1S/C10H4BrClFN3O/c11-6-3-7(12)10(5(4-15)9(6)13)16-8(17)1-2-14/h3H,1H2,(H,16,17). The van der Waals surface area contributed by atoms with Gasteiger partial charge in [-0.15, -0.1) is 0 Å². The predicted octanol–water partition coefficient (Wildman–Crippen LogP) is 2.97. The summed E-state index contributed by atoms with van der Waals surface area (Å²) in [5.41, 5.74) is -0.509. The molecule has 4 nitrogen and oxygen atoms in total. The van der Waals surface area contributed by atoms with Crippen molar-refractivity contribution in [2.75, 3.05) is 5.32 Å². The summed E-state index contributed by atoms with van der Waals surface area (Å²) >= 11 is 8.68. The van der Waals surface area contributed by atoms with Crippen molar-refractivity contribution < 1.29 is 9.18 Å². The number of nitriles is 2. The smallest absolute Gasteiger partial charge is 0.238 e. The second-order valence-corrected chi connectivity index (χ2v) is 4.16. The average Bonchev–Trinajstić information content (AvgIpc) is 2.27. The maximum atomic E-state index is 13.5. The van der Waals surface area contributed by atoms with Gasteiger partial charge in [-0.1, -0.05) is 11.6 Å².